The molecule has 3 aromatic rings. The molecule has 1 aliphatic rings. The summed E-state index contributed by atoms with van der Waals surface area (Å²) in [6.45, 7) is 8.03. The molecule has 0 spiro atoms. The number of nitrogens with zero attached hydrogens (tertiary/aromatic N) is 1. The lowest BCUT2D eigenvalue weighted by atomic mass is 9.90. The molecule has 4 rings (SSSR count). The number of H-pyrrole nitrogens is 1. The predicted molar refractivity (Wildman–Crippen MR) is 133 cm³/mol. The maximum atomic E-state index is 13.1. The molecule has 1 amide bonds. The second-order valence-electron chi connectivity index (χ2n) is 8.58. The molecule has 32 heavy (non-hydrogen) atoms. The van der Waals surface area contributed by atoms with Crippen molar-refractivity contribution in [1.82, 2.24) is 15.2 Å². The molecule has 2 aromatic carbocycles. The number of para-hydroxylation sites is 1. The van der Waals surface area contributed by atoms with Crippen LogP contribution in [0, 0.1) is 5.92 Å². The summed E-state index contributed by atoms with van der Waals surface area (Å²) < 4.78 is 0. The molecule has 1 saturated heterocycles. The van der Waals surface area contributed by atoms with Gasteiger partial charge in [-0.3, -0.25) is 4.79 Å². The van der Waals surface area contributed by atoms with Gasteiger partial charge in [-0.05, 0) is 63.1 Å². The average molecular weight is 428 g/mol. The second kappa shape index (κ2) is 9.90. The van der Waals surface area contributed by atoms with Crippen LogP contribution in [0.1, 0.15) is 50.4 Å². The quantitative estimate of drug-likeness (QED) is 0.472. The van der Waals surface area contributed by atoms with E-state index >= 15 is 0 Å². The van der Waals surface area contributed by atoms with Crippen LogP contribution in [0.5, 0.6) is 0 Å². The maximum Gasteiger partial charge on any atom is 0.253 e. The van der Waals surface area contributed by atoms with E-state index in [1.807, 2.05) is 48.5 Å². The number of amides is 1. The number of carbonyl (C=O) groups excluding carboxylic acids is 1. The third-order valence-corrected chi connectivity index (χ3v) is 6.62. The first kappa shape index (κ1) is 21.9. The number of carbonyl (C=O) groups is 1. The average Bonchev–Trinajstić information content (AvgIpc) is 3.28. The van der Waals surface area contributed by atoms with Crippen molar-refractivity contribution in [2.45, 2.75) is 40.0 Å². The van der Waals surface area contributed by atoms with Gasteiger partial charge in [0.2, 0.25) is 0 Å². The SMILES string of the molecule is C/C=C\NC(=C(C)CC)C1CCN(C(=O)c2ccc(-c3c[nH]c4ccccc34)cc2)CC1. The topological polar surface area (TPSA) is 48.1 Å². The number of hydrogen-bond donors (Lipinski definition) is 2. The highest BCUT2D eigenvalue weighted by Crippen LogP contribution is 2.30. The highest BCUT2D eigenvalue weighted by molar-refractivity contribution is 5.97. The summed E-state index contributed by atoms with van der Waals surface area (Å²) in [5.74, 6) is 0.618. The van der Waals surface area contributed by atoms with E-state index in [0.29, 0.717) is 5.92 Å². The van der Waals surface area contributed by atoms with E-state index < -0.39 is 0 Å². The minimum absolute atomic E-state index is 0.132. The van der Waals surface area contributed by atoms with Crippen LogP contribution in [0.4, 0.5) is 0 Å². The number of fused-ring (bicyclic) bond motifs is 1. The zero-order chi connectivity index (χ0) is 22.5. The standard InChI is InChI=1S/C28H33N3O/c1-4-16-29-27(20(3)5-2)22-14-17-31(18-15-22)28(32)23-12-10-21(11-13-23)25-19-30-26-9-7-6-8-24(25)26/h4,6-13,16,19,22,29-30H,5,14-15,17-18H2,1-3H3/b16-4-,27-20?. The Morgan fingerprint density at radius 1 is 1.12 bits per heavy atom. The normalized spacial score (nSPS) is 15.9. The van der Waals surface area contributed by atoms with Crippen molar-refractivity contribution in [3.63, 3.8) is 0 Å². The number of aromatic nitrogens is 1. The zero-order valence-corrected chi connectivity index (χ0v) is 19.3. The van der Waals surface area contributed by atoms with E-state index in [0.717, 1.165) is 49.0 Å². The van der Waals surface area contributed by atoms with Crippen molar-refractivity contribution >= 4 is 16.8 Å². The number of nitrogens with one attached hydrogen (secondary N) is 2. The fourth-order valence-electron chi connectivity index (χ4n) is 4.61. The number of piperidine rings is 1. The molecule has 0 bridgehead atoms. The first-order chi connectivity index (χ1) is 15.6. The van der Waals surface area contributed by atoms with Crippen molar-refractivity contribution in [3.8, 4) is 11.1 Å². The highest BCUT2D eigenvalue weighted by atomic mass is 16.2. The third-order valence-electron chi connectivity index (χ3n) is 6.62. The molecule has 1 aromatic heterocycles. The fraction of sp³-hybridized carbons (Fsp3) is 0.321. The van der Waals surface area contributed by atoms with E-state index in [-0.39, 0.29) is 5.91 Å². The first-order valence-electron chi connectivity index (χ1n) is 11.7. The minimum Gasteiger partial charge on any atom is -0.365 e. The number of aromatic amines is 1. The van der Waals surface area contributed by atoms with E-state index in [4.69, 9.17) is 0 Å². The lowest BCUT2D eigenvalue weighted by Gasteiger charge is -2.34. The third kappa shape index (κ3) is 4.50. The molecule has 2 N–H and O–H groups in total. The van der Waals surface area contributed by atoms with Crippen LogP contribution in [-0.2, 0) is 0 Å². The summed E-state index contributed by atoms with van der Waals surface area (Å²) in [4.78, 5) is 18.5. The predicted octanol–water partition coefficient (Wildman–Crippen LogP) is 6.49. The number of hydrogen-bond acceptors (Lipinski definition) is 2. The van der Waals surface area contributed by atoms with Gasteiger partial charge < -0.3 is 15.2 Å². The van der Waals surface area contributed by atoms with Crippen LogP contribution < -0.4 is 5.32 Å². The van der Waals surface area contributed by atoms with Gasteiger partial charge in [0.25, 0.3) is 5.91 Å². The molecular formula is C28H33N3O. The smallest absolute Gasteiger partial charge is 0.253 e. The van der Waals surface area contributed by atoms with Crippen molar-refractivity contribution < 1.29 is 4.79 Å². The number of allylic oxidation sites excluding steroid dienone is 3. The summed E-state index contributed by atoms with van der Waals surface area (Å²) in [6, 6.07) is 16.3. The molecule has 166 valence electrons. The molecule has 4 heteroatoms. The first-order valence-corrected chi connectivity index (χ1v) is 11.7. The number of likely N-dealkylation sites (tertiary alicyclic amines) is 1. The summed E-state index contributed by atoms with van der Waals surface area (Å²) in [7, 11) is 0. The Bertz CT molecular complexity index is 1130. The summed E-state index contributed by atoms with van der Waals surface area (Å²) in [5, 5.41) is 4.69. The fourth-order valence-corrected chi connectivity index (χ4v) is 4.61. The van der Waals surface area contributed by atoms with Crippen molar-refractivity contribution in [2.75, 3.05) is 13.1 Å². The Morgan fingerprint density at radius 2 is 1.84 bits per heavy atom. The molecular weight excluding hydrogens is 394 g/mol. The lowest BCUT2D eigenvalue weighted by molar-refractivity contribution is 0.0700. The summed E-state index contributed by atoms with van der Waals surface area (Å²) in [6.07, 6.45) is 9.12. The van der Waals surface area contributed by atoms with E-state index in [1.165, 1.54) is 22.2 Å². The molecule has 0 aliphatic carbocycles. The van der Waals surface area contributed by atoms with Gasteiger partial charge in [0.05, 0.1) is 0 Å². The van der Waals surface area contributed by atoms with E-state index in [9.17, 15) is 4.79 Å². The molecule has 0 atom stereocenters. The Kier molecular flexibility index (Phi) is 6.79. The Balaban J connectivity index is 1.43. The molecule has 0 unspecified atom stereocenters. The van der Waals surface area contributed by atoms with Crippen molar-refractivity contribution in [3.05, 3.63) is 83.8 Å². The van der Waals surface area contributed by atoms with Gasteiger partial charge >= 0.3 is 0 Å². The van der Waals surface area contributed by atoms with Crippen LogP contribution in [0.3, 0.4) is 0 Å². The van der Waals surface area contributed by atoms with E-state index in [2.05, 4.69) is 54.5 Å². The van der Waals surface area contributed by atoms with Gasteiger partial charge in [0, 0.05) is 52.9 Å². The zero-order valence-electron chi connectivity index (χ0n) is 19.3. The number of benzene rings is 2. The van der Waals surface area contributed by atoms with Crippen LogP contribution >= 0.6 is 0 Å². The molecule has 0 radical (unpaired) electrons. The second-order valence-corrected chi connectivity index (χ2v) is 8.58. The summed E-state index contributed by atoms with van der Waals surface area (Å²) in [5.41, 5.74) is 6.92. The lowest BCUT2D eigenvalue weighted by Crippen LogP contribution is -2.40. The molecule has 4 nitrogen and oxygen atoms in total. The Labute approximate surface area is 191 Å². The van der Waals surface area contributed by atoms with Crippen molar-refractivity contribution in [1.29, 1.82) is 0 Å². The van der Waals surface area contributed by atoms with Crippen molar-refractivity contribution in [2.24, 2.45) is 5.92 Å². The van der Waals surface area contributed by atoms with Gasteiger partial charge in [-0.15, -0.1) is 0 Å². The highest BCUT2D eigenvalue weighted by Gasteiger charge is 2.26. The Morgan fingerprint density at radius 3 is 2.53 bits per heavy atom. The maximum absolute atomic E-state index is 13.1. The van der Waals surface area contributed by atoms with Crippen LogP contribution in [0.15, 0.2) is 78.3 Å². The Hall–Kier alpha value is -3.27. The summed E-state index contributed by atoms with van der Waals surface area (Å²) >= 11 is 0. The van der Waals surface area contributed by atoms with E-state index in [1.54, 1.807) is 0 Å². The molecule has 1 fully saturated rings. The van der Waals surface area contributed by atoms with Gasteiger partial charge in [-0.2, -0.15) is 0 Å². The van der Waals surface area contributed by atoms with Gasteiger partial charge in [0.1, 0.15) is 0 Å². The molecule has 2 heterocycles. The van der Waals surface area contributed by atoms with Gasteiger partial charge in [-0.1, -0.05) is 48.9 Å². The monoisotopic (exact) mass is 427 g/mol. The van der Waals surface area contributed by atoms with Crippen LogP contribution in [0.2, 0.25) is 0 Å². The van der Waals surface area contributed by atoms with Gasteiger partial charge in [0.15, 0.2) is 0 Å². The molecule has 0 saturated carbocycles. The largest absolute Gasteiger partial charge is 0.365 e. The van der Waals surface area contributed by atoms with Gasteiger partial charge in [-0.25, -0.2) is 0 Å². The van der Waals surface area contributed by atoms with Crippen LogP contribution in [-0.4, -0.2) is 28.9 Å². The minimum atomic E-state index is 0.132. The van der Waals surface area contributed by atoms with Crippen LogP contribution in [0.25, 0.3) is 22.0 Å². The molecule has 1 aliphatic heterocycles. The number of rotatable bonds is 6.